The van der Waals surface area contributed by atoms with Gasteiger partial charge < -0.3 is 4.74 Å². The van der Waals surface area contributed by atoms with Crippen LogP contribution in [-0.4, -0.2) is 5.60 Å². The van der Waals surface area contributed by atoms with E-state index in [4.69, 9.17) is 22.9 Å². The van der Waals surface area contributed by atoms with Gasteiger partial charge in [-0.3, -0.25) is 0 Å². The zero-order valence-corrected chi connectivity index (χ0v) is 10.8. The number of hydrogen-bond donors (Lipinski definition) is 0. The second-order valence-corrected chi connectivity index (χ2v) is 5.20. The lowest BCUT2D eigenvalue weighted by Crippen LogP contribution is -2.12. The highest BCUT2D eigenvalue weighted by atomic mass is 79.9. The molecule has 0 spiro atoms. The molecule has 0 unspecified atom stereocenters. The summed E-state index contributed by atoms with van der Waals surface area (Å²) >= 11 is 8.73. The molecule has 0 atom stereocenters. The number of ether oxygens (including phenoxy) is 1. The molecule has 84 valence electrons. The highest BCUT2D eigenvalue weighted by Crippen LogP contribution is 2.46. The minimum atomic E-state index is -0.624. The molecule has 0 radical (unpaired) electrons. The molecule has 0 aliphatic heterocycles. The lowest BCUT2D eigenvalue weighted by molar-refractivity contribution is 0.201. The van der Waals surface area contributed by atoms with E-state index in [0.717, 1.165) is 12.8 Å². The van der Waals surface area contributed by atoms with Crippen molar-refractivity contribution in [1.82, 2.24) is 0 Å². The lowest BCUT2D eigenvalue weighted by atomic mass is 10.2. The van der Waals surface area contributed by atoms with Gasteiger partial charge in [0.1, 0.15) is 17.2 Å². The predicted octanol–water partition coefficient (Wildman–Crippen LogP) is 4.72. The summed E-state index contributed by atoms with van der Waals surface area (Å²) in [4.78, 5) is 3.26. The summed E-state index contributed by atoms with van der Waals surface area (Å²) in [5, 5.41) is -0.0430. The number of nitrogens with zero attached hydrogens (tertiary/aromatic N) is 1. The van der Waals surface area contributed by atoms with Crippen LogP contribution in [0.5, 0.6) is 5.75 Å². The van der Waals surface area contributed by atoms with Crippen molar-refractivity contribution >= 4 is 33.2 Å². The quantitative estimate of drug-likeness (QED) is 0.569. The number of rotatable bonds is 2. The van der Waals surface area contributed by atoms with Gasteiger partial charge in [0, 0.05) is 0 Å². The maximum atomic E-state index is 13.4. The molecule has 1 aromatic carbocycles. The van der Waals surface area contributed by atoms with E-state index in [0.29, 0.717) is 5.75 Å². The van der Waals surface area contributed by atoms with Gasteiger partial charge in [0.05, 0.1) is 16.1 Å². The number of benzene rings is 1. The van der Waals surface area contributed by atoms with Crippen LogP contribution in [0.1, 0.15) is 19.8 Å². The van der Waals surface area contributed by atoms with Gasteiger partial charge in [-0.2, -0.15) is 0 Å². The lowest BCUT2D eigenvalue weighted by Gasteiger charge is -2.15. The Labute approximate surface area is 106 Å². The largest absolute Gasteiger partial charge is 0.498 e. The summed E-state index contributed by atoms with van der Waals surface area (Å²) in [5.41, 5.74) is -0.0879. The molecule has 0 saturated heterocycles. The first kappa shape index (κ1) is 11.7. The van der Waals surface area contributed by atoms with Crippen LogP contribution in [0.15, 0.2) is 10.5 Å². The third-order valence-corrected chi connectivity index (χ3v) is 3.52. The molecule has 0 heterocycles. The van der Waals surface area contributed by atoms with E-state index >= 15 is 0 Å². The van der Waals surface area contributed by atoms with Gasteiger partial charge in [0.2, 0.25) is 5.69 Å². The van der Waals surface area contributed by atoms with Gasteiger partial charge in [-0.15, -0.1) is 0 Å². The number of halogens is 3. The van der Waals surface area contributed by atoms with Crippen molar-refractivity contribution in [1.29, 1.82) is 0 Å². The fourth-order valence-corrected chi connectivity index (χ4v) is 2.09. The topological polar surface area (TPSA) is 13.6 Å². The molecule has 2 nitrogen and oxygen atoms in total. The van der Waals surface area contributed by atoms with E-state index in [1.807, 2.05) is 6.92 Å². The first-order valence-electron chi connectivity index (χ1n) is 4.71. The molecular formula is C11H8BrClFNO. The monoisotopic (exact) mass is 303 g/mol. The van der Waals surface area contributed by atoms with Crippen LogP contribution in [0, 0.1) is 12.4 Å². The Morgan fingerprint density at radius 2 is 2.25 bits per heavy atom. The summed E-state index contributed by atoms with van der Waals surface area (Å²) in [6.07, 6.45) is 1.88. The van der Waals surface area contributed by atoms with Crippen molar-refractivity contribution in [2.45, 2.75) is 25.4 Å². The van der Waals surface area contributed by atoms with Crippen molar-refractivity contribution in [3.05, 3.63) is 32.8 Å². The first-order valence-corrected chi connectivity index (χ1v) is 5.88. The van der Waals surface area contributed by atoms with Crippen LogP contribution in [0.2, 0.25) is 5.02 Å². The average Bonchev–Trinajstić information content (AvgIpc) is 2.93. The maximum absolute atomic E-state index is 13.4. The predicted molar refractivity (Wildman–Crippen MR) is 63.6 cm³/mol. The summed E-state index contributed by atoms with van der Waals surface area (Å²) < 4.78 is 19.1. The minimum Gasteiger partial charge on any atom is -0.498 e. The van der Waals surface area contributed by atoms with Crippen LogP contribution >= 0.6 is 27.5 Å². The Bertz CT molecular complexity index is 494. The normalized spacial score (nSPS) is 16.7. The molecule has 1 aromatic rings. The van der Waals surface area contributed by atoms with Crippen molar-refractivity contribution in [2.75, 3.05) is 0 Å². The first-order chi connectivity index (χ1) is 7.47. The van der Waals surface area contributed by atoms with Crippen molar-refractivity contribution < 1.29 is 9.13 Å². The Morgan fingerprint density at radius 1 is 1.62 bits per heavy atom. The Balaban J connectivity index is 2.48. The third-order valence-electron chi connectivity index (χ3n) is 2.52. The van der Waals surface area contributed by atoms with Crippen molar-refractivity contribution in [3.63, 3.8) is 0 Å². The molecule has 2 rings (SSSR count). The highest BCUT2D eigenvalue weighted by molar-refractivity contribution is 9.10. The summed E-state index contributed by atoms with van der Waals surface area (Å²) in [6.45, 7) is 8.98. The fraction of sp³-hybridized carbons (Fsp3) is 0.364. The van der Waals surface area contributed by atoms with Gasteiger partial charge in [0.15, 0.2) is 0 Å². The smallest absolute Gasteiger partial charge is 0.245 e. The molecule has 0 bridgehead atoms. The summed E-state index contributed by atoms with van der Waals surface area (Å²) in [5.74, 6) is -0.283. The van der Waals surface area contributed by atoms with E-state index in [1.54, 1.807) is 0 Å². The van der Waals surface area contributed by atoms with Crippen LogP contribution in [0.4, 0.5) is 10.1 Å². The van der Waals surface area contributed by atoms with Gasteiger partial charge in [0.25, 0.3) is 0 Å². The SMILES string of the molecule is [C-]#[N+]c1c(OC2(C)CC2)cc(Cl)c(F)c1Br. The molecule has 1 saturated carbocycles. The fourth-order valence-electron chi connectivity index (χ4n) is 1.29. The second-order valence-electron chi connectivity index (χ2n) is 4.00. The molecule has 5 heteroatoms. The van der Waals surface area contributed by atoms with Gasteiger partial charge in [-0.1, -0.05) is 27.5 Å². The van der Waals surface area contributed by atoms with Crippen LogP contribution in [-0.2, 0) is 0 Å². The van der Waals surface area contributed by atoms with Crippen molar-refractivity contribution in [2.24, 2.45) is 0 Å². The Hall–Kier alpha value is -0.790. The molecule has 16 heavy (non-hydrogen) atoms. The molecule has 0 amide bonds. The molecule has 1 fully saturated rings. The average molecular weight is 305 g/mol. The summed E-state index contributed by atoms with van der Waals surface area (Å²) in [6, 6.07) is 1.36. The van der Waals surface area contributed by atoms with E-state index < -0.39 is 5.82 Å². The highest BCUT2D eigenvalue weighted by Gasteiger charge is 2.40. The Morgan fingerprint density at radius 3 is 2.75 bits per heavy atom. The zero-order chi connectivity index (χ0) is 11.9. The van der Waals surface area contributed by atoms with Gasteiger partial charge >= 0.3 is 0 Å². The van der Waals surface area contributed by atoms with E-state index in [9.17, 15) is 4.39 Å². The van der Waals surface area contributed by atoms with Gasteiger partial charge in [-0.25, -0.2) is 9.24 Å². The van der Waals surface area contributed by atoms with Crippen molar-refractivity contribution in [3.8, 4) is 5.75 Å². The molecular weight excluding hydrogens is 296 g/mol. The minimum absolute atomic E-state index is 0.0430. The van der Waals surface area contributed by atoms with Gasteiger partial charge in [-0.05, 0) is 25.8 Å². The maximum Gasteiger partial charge on any atom is 0.245 e. The molecule has 1 aliphatic rings. The second kappa shape index (κ2) is 3.90. The van der Waals surface area contributed by atoms with E-state index in [2.05, 4.69) is 20.8 Å². The zero-order valence-electron chi connectivity index (χ0n) is 8.48. The molecule has 0 aromatic heterocycles. The standard InChI is InChI=1S/C11H8BrClFNO/c1-11(3-4-11)16-7-5-6(13)9(14)8(12)10(7)15-2/h5H,3-4H2,1H3. The van der Waals surface area contributed by atoms with E-state index in [1.165, 1.54) is 6.07 Å². The number of hydrogen-bond acceptors (Lipinski definition) is 1. The van der Waals surface area contributed by atoms with Crippen LogP contribution in [0.3, 0.4) is 0 Å². The third kappa shape index (κ3) is 2.02. The van der Waals surface area contributed by atoms with E-state index in [-0.39, 0.29) is 20.8 Å². The Kier molecular flexibility index (Phi) is 2.85. The summed E-state index contributed by atoms with van der Waals surface area (Å²) in [7, 11) is 0. The molecule has 1 aliphatic carbocycles. The van der Waals surface area contributed by atoms with Crippen LogP contribution < -0.4 is 4.74 Å². The molecule has 0 N–H and O–H groups in total. The van der Waals surface area contributed by atoms with Crippen LogP contribution in [0.25, 0.3) is 4.85 Å².